The van der Waals surface area contributed by atoms with E-state index in [1.165, 1.54) is 0 Å². The molecule has 1 heterocycles. The van der Waals surface area contributed by atoms with Crippen LogP contribution in [0.3, 0.4) is 0 Å². The summed E-state index contributed by atoms with van der Waals surface area (Å²) in [5.41, 5.74) is -0.684. The van der Waals surface area contributed by atoms with Crippen LogP contribution in [0.5, 0.6) is 0 Å². The Labute approximate surface area is 108 Å². The second-order valence-corrected chi connectivity index (χ2v) is 5.47. The Morgan fingerprint density at radius 3 is 3.06 bits per heavy atom. The van der Waals surface area contributed by atoms with Crippen molar-refractivity contribution >= 4 is 33.3 Å². The van der Waals surface area contributed by atoms with Gasteiger partial charge in [0, 0.05) is 6.20 Å². The van der Waals surface area contributed by atoms with Crippen molar-refractivity contribution in [2.75, 3.05) is 5.32 Å². The topological polar surface area (TPSA) is 58.0 Å². The predicted octanol–water partition coefficient (Wildman–Crippen LogP) is 2.61. The maximum atomic E-state index is 10.1. The molecule has 2 atom stereocenters. The van der Waals surface area contributed by atoms with Crippen molar-refractivity contribution in [1.29, 1.82) is 0 Å². The molecule has 1 aromatic rings. The van der Waals surface area contributed by atoms with Gasteiger partial charge in [0.2, 0.25) is 5.28 Å². The third kappa shape index (κ3) is 2.47. The molecule has 2 N–H and O–H groups in total. The second-order valence-electron chi connectivity index (χ2n) is 4.28. The molecule has 0 radical (unpaired) electrons. The maximum Gasteiger partial charge on any atom is 0.224 e. The highest BCUT2D eigenvalue weighted by molar-refractivity contribution is 9.10. The number of aromatic nitrogens is 2. The first-order chi connectivity index (χ1) is 7.49. The Morgan fingerprint density at radius 1 is 1.69 bits per heavy atom. The van der Waals surface area contributed by atoms with Crippen LogP contribution in [0.1, 0.15) is 26.2 Å². The predicted molar refractivity (Wildman–Crippen MR) is 66.6 cm³/mol. The molecule has 1 fully saturated rings. The lowest BCUT2D eigenvalue weighted by Crippen LogP contribution is -2.39. The fourth-order valence-electron chi connectivity index (χ4n) is 1.99. The van der Waals surface area contributed by atoms with E-state index in [1.54, 1.807) is 6.20 Å². The fourth-order valence-corrected chi connectivity index (χ4v) is 2.43. The number of anilines is 1. The number of nitrogens with zero attached hydrogens (tertiary/aromatic N) is 2. The summed E-state index contributed by atoms with van der Waals surface area (Å²) in [6.45, 7) is 1.84. The zero-order chi connectivity index (χ0) is 11.8. The van der Waals surface area contributed by atoms with Crippen molar-refractivity contribution in [2.24, 2.45) is 0 Å². The molecule has 0 bridgehead atoms. The summed E-state index contributed by atoms with van der Waals surface area (Å²) in [5, 5.41) is 13.5. The van der Waals surface area contributed by atoms with E-state index < -0.39 is 5.60 Å². The SMILES string of the molecule is C[C@]1(O)CCC[C@H]1Nc1nc(Cl)ncc1Br. The number of hydrogen-bond donors (Lipinski definition) is 2. The zero-order valence-corrected chi connectivity index (χ0v) is 11.2. The van der Waals surface area contributed by atoms with Gasteiger partial charge in [-0.25, -0.2) is 4.98 Å². The molecule has 0 aromatic carbocycles. The first-order valence-electron chi connectivity index (χ1n) is 5.16. The molecule has 88 valence electrons. The van der Waals surface area contributed by atoms with Crippen LogP contribution in [0.25, 0.3) is 0 Å². The summed E-state index contributed by atoms with van der Waals surface area (Å²) >= 11 is 9.08. The zero-order valence-electron chi connectivity index (χ0n) is 8.87. The highest BCUT2D eigenvalue weighted by Crippen LogP contribution is 2.33. The van der Waals surface area contributed by atoms with Gasteiger partial charge in [0.15, 0.2) is 0 Å². The molecule has 0 unspecified atom stereocenters. The lowest BCUT2D eigenvalue weighted by Gasteiger charge is -2.27. The Balaban J connectivity index is 2.17. The first-order valence-corrected chi connectivity index (χ1v) is 6.33. The smallest absolute Gasteiger partial charge is 0.224 e. The third-order valence-electron chi connectivity index (χ3n) is 2.95. The Kier molecular flexibility index (Phi) is 3.37. The van der Waals surface area contributed by atoms with Gasteiger partial charge >= 0.3 is 0 Å². The molecule has 0 spiro atoms. The molecule has 1 aliphatic carbocycles. The van der Waals surface area contributed by atoms with Gasteiger partial charge in [-0.2, -0.15) is 4.98 Å². The van der Waals surface area contributed by atoms with E-state index in [0.29, 0.717) is 5.82 Å². The van der Waals surface area contributed by atoms with E-state index >= 15 is 0 Å². The molecule has 0 amide bonds. The minimum Gasteiger partial charge on any atom is -0.388 e. The highest BCUT2D eigenvalue weighted by Gasteiger charge is 2.37. The molecule has 0 aliphatic heterocycles. The average molecular weight is 307 g/mol. The molecule has 2 rings (SSSR count). The van der Waals surface area contributed by atoms with Crippen LogP contribution >= 0.6 is 27.5 Å². The summed E-state index contributed by atoms with van der Waals surface area (Å²) in [6.07, 6.45) is 4.35. The highest BCUT2D eigenvalue weighted by atomic mass is 79.9. The van der Waals surface area contributed by atoms with E-state index in [4.69, 9.17) is 11.6 Å². The fraction of sp³-hybridized carbons (Fsp3) is 0.600. The van der Waals surface area contributed by atoms with E-state index in [1.807, 2.05) is 6.92 Å². The van der Waals surface area contributed by atoms with E-state index in [2.05, 4.69) is 31.2 Å². The quantitative estimate of drug-likeness (QED) is 0.825. The van der Waals surface area contributed by atoms with Crippen molar-refractivity contribution in [1.82, 2.24) is 9.97 Å². The van der Waals surface area contributed by atoms with Crippen LogP contribution in [0.4, 0.5) is 5.82 Å². The van der Waals surface area contributed by atoms with Gasteiger partial charge in [-0.3, -0.25) is 0 Å². The normalized spacial score (nSPS) is 29.4. The molecule has 0 saturated heterocycles. The minimum absolute atomic E-state index is 0.00904. The summed E-state index contributed by atoms with van der Waals surface area (Å²) in [6, 6.07) is 0.00904. The van der Waals surface area contributed by atoms with Crippen LogP contribution in [-0.4, -0.2) is 26.7 Å². The van der Waals surface area contributed by atoms with Gasteiger partial charge < -0.3 is 10.4 Å². The lowest BCUT2D eigenvalue weighted by atomic mass is 10.0. The van der Waals surface area contributed by atoms with Gasteiger partial charge in [0.25, 0.3) is 0 Å². The summed E-state index contributed by atoms with van der Waals surface area (Å²) in [5.74, 6) is 0.632. The monoisotopic (exact) mass is 305 g/mol. The molecular formula is C10H13BrClN3O. The number of nitrogens with one attached hydrogen (secondary N) is 1. The molecule has 16 heavy (non-hydrogen) atoms. The Bertz CT molecular complexity index is 400. The van der Waals surface area contributed by atoms with E-state index in [0.717, 1.165) is 23.7 Å². The standard InChI is InChI=1S/C10H13BrClN3O/c1-10(16)4-2-3-7(10)14-8-6(11)5-13-9(12)15-8/h5,7,16H,2-4H2,1H3,(H,13,14,15)/t7-,10+/m1/s1. The molecule has 4 nitrogen and oxygen atoms in total. The summed E-state index contributed by atoms with van der Waals surface area (Å²) < 4.78 is 0.750. The molecule has 1 saturated carbocycles. The van der Waals surface area contributed by atoms with Crippen LogP contribution in [-0.2, 0) is 0 Å². The largest absolute Gasteiger partial charge is 0.388 e. The van der Waals surface area contributed by atoms with Crippen LogP contribution in [0.15, 0.2) is 10.7 Å². The minimum atomic E-state index is -0.684. The van der Waals surface area contributed by atoms with E-state index in [-0.39, 0.29) is 11.3 Å². The van der Waals surface area contributed by atoms with Crippen molar-refractivity contribution in [3.8, 4) is 0 Å². The van der Waals surface area contributed by atoms with Crippen LogP contribution in [0.2, 0.25) is 5.28 Å². The molecule has 1 aliphatic rings. The Hall–Kier alpha value is -0.390. The number of hydrogen-bond acceptors (Lipinski definition) is 4. The second kappa shape index (κ2) is 4.47. The molecule has 6 heteroatoms. The molecular weight excluding hydrogens is 293 g/mol. The first kappa shape index (κ1) is 12.1. The number of rotatable bonds is 2. The van der Waals surface area contributed by atoms with Crippen molar-refractivity contribution in [3.63, 3.8) is 0 Å². The van der Waals surface area contributed by atoms with Crippen molar-refractivity contribution in [3.05, 3.63) is 16.0 Å². The van der Waals surface area contributed by atoms with Gasteiger partial charge in [0.1, 0.15) is 5.82 Å². The summed E-state index contributed by atoms with van der Waals surface area (Å²) in [7, 11) is 0. The lowest BCUT2D eigenvalue weighted by molar-refractivity contribution is 0.0577. The summed E-state index contributed by atoms with van der Waals surface area (Å²) in [4.78, 5) is 7.94. The van der Waals surface area contributed by atoms with Crippen LogP contribution < -0.4 is 5.32 Å². The average Bonchev–Trinajstić information content (AvgIpc) is 2.52. The van der Waals surface area contributed by atoms with Gasteiger partial charge in [-0.05, 0) is 53.7 Å². The van der Waals surface area contributed by atoms with Crippen LogP contribution in [0, 0.1) is 0 Å². The number of halogens is 2. The van der Waals surface area contributed by atoms with Crippen molar-refractivity contribution < 1.29 is 5.11 Å². The van der Waals surface area contributed by atoms with E-state index in [9.17, 15) is 5.11 Å². The van der Waals surface area contributed by atoms with Gasteiger partial charge in [-0.1, -0.05) is 0 Å². The Morgan fingerprint density at radius 2 is 2.44 bits per heavy atom. The maximum absolute atomic E-state index is 10.1. The number of aliphatic hydroxyl groups is 1. The van der Waals surface area contributed by atoms with Crippen molar-refractivity contribution in [2.45, 2.75) is 37.8 Å². The van der Waals surface area contributed by atoms with Gasteiger partial charge in [0.05, 0.1) is 16.1 Å². The molecule has 1 aromatic heterocycles. The third-order valence-corrected chi connectivity index (χ3v) is 3.71. The van der Waals surface area contributed by atoms with Gasteiger partial charge in [-0.15, -0.1) is 0 Å².